The number of nitrogens with one attached hydrogen (secondary N) is 2. The summed E-state index contributed by atoms with van der Waals surface area (Å²) in [6.07, 6.45) is 2.00. The van der Waals surface area contributed by atoms with Gasteiger partial charge in [0.15, 0.2) is 0 Å². The van der Waals surface area contributed by atoms with Gasteiger partial charge in [-0.2, -0.15) is 0 Å². The highest BCUT2D eigenvalue weighted by atomic mass is 16.5. The molecule has 2 N–H and O–H groups in total. The van der Waals surface area contributed by atoms with Gasteiger partial charge in [-0.15, -0.1) is 0 Å². The SMILES string of the molecule is CCOC(=O)CCC(=O)Nc1ccc(C)c(NC(=O)C2CC2)c1. The largest absolute Gasteiger partial charge is 0.466 e. The molecular weight excluding hydrogens is 296 g/mol. The first kappa shape index (κ1) is 17.0. The molecule has 2 rings (SSSR count). The molecule has 1 saturated carbocycles. The van der Waals surface area contributed by atoms with E-state index >= 15 is 0 Å². The van der Waals surface area contributed by atoms with E-state index < -0.39 is 0 Å². The second-order valence-corrected chi connectivity index (χ2v) is 5.65. The second-order valence-electron chi connectivity index (χ2n) is 5.65. The van der Waals surface area contributed by atoms with E-state index in [9.17, 15) is 14.4 Å². The van der Waals surface area contributed by atoms with Crippen LogP contribution in [0.25, 0.3) is 0 Å². The molecule has 6 heteroatoms. The predicted octanol–water partition coefficient (Wildman–Crippen LogP) is 2.63. The van der Waals surface area contributed by atoms with Crippen LogP contribution >= 0.6 is 0 Å². The van der Waals surface area contributed by atoms with Gasteiger partial charge in [-0.1, -0.05) is 6.07 Å². The topological polar surface area (TPSA) is 84.5 Å². The smallest absolute Gasteiger partial charge is 0.306 e. The summed E-state index contributed by atoms with van der Waals surface area (Å²) in [6.45, 7) is 3.93. The maximum absolute atomic E-state index is 11.9. The lowest BCUT2D eigenvalue weighted by Crippen LogP contribution is -2.16. The first-order chi connectivity index (χ1) is 11.0. The molecule has 2 amide bonds. The van der Waals surface area contributed by atoms with Crippen molar-refractivity contribution in [2.24, 2.45) is 5.92 Å². The number of hydrogen-bond acceptors (Lipinski definition) is 4. The summed E-state index contributed by atoms with van der Waals surface area (Å²) in [5.41, 5.74) is 2.23. The van der Waals surface area contributed by atoms with Gasteiger partial charge in [-0.3, -0.25) is 14.4 Å². The lowest BCUT2D eigenvalue weighted by molar-refractivity contribution is -0.144. The molecule has 0 aliphatic heterocycles. The highest BCUT2D eigenvalue weighted by Gasteiger charge is 2.29. The van der Waals surface area contributed by atoms with Crippen molar-refractivity contribution in [3.8, 4) is 0 Å². The van der Waals surface area contributed by atoms with E-state index in [1.807, 2.05) is 13.0 Å². The van der Waals surface area contributed by atoms with Crippen molar-refractivity contribution in [3.05, 3.63) is 23.8 Å². The van der Waals surface area contributed by atoms with E-state index in [0.29, 0.717) is 18.0 Å². The van der Waals surface area contributed by atoms with Crippen molar-refractivity contribution in [1.29, 1.82) is 0 Å². The summed E-state index contributed by atoms with van der Waals surface area (Å²) < 4.78 is 4.78. The van der Waals surface area contributed by atoms with Crippen molar-refractivity contribution in [1.82, 2.24) is 0 Å². The van der Waals surface area contributed by atoms with Crippen LogP contribution < -0.4 is 10.6 Å². The Morgan fingerprint density at radius 1 is 1.17 bits per heavy atom. The third-order valence-electron chi connectivity index (χ3n) is 3.59. The number of hydrogen-bond donors (Lipinski definition) is 2. The number of esters is 1. The Hall–Kier alpha value is -2.37. The molecule has 0 saturated heterocycles. The van der Waals surface area contributed by atoms with Gasteiger partial charge in [0.05, 0.1) is 13.0 Å². The van der Waals surface area contributed by atoms with Crippen molar-refractivity contribution in [2.75, 3.05) is 17.2 Å². The second kappa shape index (κ2) is 7.76. The number of carbonyl (C=O) groups is 3. The average Bonchev–Trinajstić information content (AvgIpc) is 3.33. The summed E-state index contributed by atoms with van der Waals surface area (Å²) in [5, 5.41) is 5.62. The van der Waals surface area contributed by atoms with Crippen LogP contribution in [0.15, 0.2) is 18.2 Å². The first-order valence-electron chi connectivity index (χ1n) is 7.86. The third kappa shape index (κ3) is 5.39. The Balaban J connectivity index is 1.90. The van der Waals surface area contributed by atoms with Crippen LogP contribution in [-0.4, -0.2) is 24.4 Å². The van der Waals surface area contributed by atoms with Crippen LogP contribution in [0.2, 0.25) is 0 Å². The molecule has 0 radical (unpaired) electrons. The molecule has 23 heavy (non-hydrogen) atoms. The van der Waals surface area contributed by atoms with Crippen molar-refractivity contribution >= 4 is 29.2 Å². The van der Waals surface area contributed by atoms with Gasteiger partial charge in [0, 0.05) is 23.7 Å². The molecule has 0 spiro atoms. The molecule has 1 aliphatic rings. The summed E-state index contributed by atoms with van der Waals surface area (Å²) in [5.74, 6) is -0.499. The minimum absolute atomic E-state index is 0.0267. The zero-order valence-electron chi connectivity index (χ0n) is 13.5. The van der Waals surface area contributed by atoms with E-state index in [4.69, 9.17) is 4.74 Å². The maximum Gasteiger partial charge on any atom is 0.306 e. The van der Waals surface area contributed by atoms with Crippen LogP contribution in [0.1, 0.15) is 38.2 Å². The van der Waals surface area contributed by atoms with E-state index in [2.05, 4.69) is 10.6 Å². The molecule has 1 aromatic rings. The summed E-state index contributed by atoms with van der Waals surface area (Å²) in [7, 11) is 0. The van der Waals surface area contributed by atoms with Crippen molar-refractivity contribution < 1.29 is 19.1 Å². The lowest BCUT2D eigenvalue weighted by atomic mass is 10.1. The lowest BCUT2D eigenvalue weighted by Gasteiger charge is -2.11. The Kier molecular flexibility index (Phi) is 5.73. The summed E-state index contributed by atoms with van der Waals surface area (Å²) in [6, 6.07) is 5.34. The van der Waals surface area contributed by atoms with Gasteiger partial charge in [-0.05, 0) is 44.4 Å². The molecular formula is C17H22N2O4. The molecule has 0 heterocycles. The highest BCUT2D eigenvalue weighted by Crippen LogP contribution is 2.31. The predicted molar refractivity (Wildman–Crippen MR) is 87.0 cm³/mol. The quantitative estimate of drug-likeness (QED) is 0.757. The highest BCUT2D eigenvalue weighted by molar-refractivity contribution is 5.97. The molecule has 1 fully saturated rings. The summed E-state index contributed by atoms with van der Waals surface area (Å²) >= 11 is 0. The molecule has 1 aliphatic carbocycles. The van der Waals surface area contributed by atoms with Crippen molar-refractivity contribution in [3.63, 3.8) is 0 Å². The van der Waals surface area contributed by atoms with E-state index in [0.717, 1.165) is 18.4 Å². The third-order valence-corrected chi connectivity index (χ3v) is 3.59. The molecule has 6 nitrogen and oxygen atoms in total. The minimum atomic E-state index is -0.385. The number of amides is 2. The monoisotopic (exact) mass is 318 g/mol. The van der Waals surface area contributed by atoms with Crippen LogP contribution in [0.3, 0.4) is 0 Å². The molecule has 124 valence electrons. The average molecular weight is 318 g/mol. The number of carbonyl (C=O) groups excluding carboxylic acids is 3. The Morgan fingerprint density at radius 3 is 2.57 bits per heavy atom. The van der Waals surface area contributed by atoms with Crippen LogP contribution in [0.5, 0.6) is 0 Å². The van der Waals surface area contributed by atoms with Gasteiger partial charge < -0.3 is 15.4 Å². The molecule has 0 bridgehead atoms. The van der Waals surface area contributed by atoms with Crippen LogP contribution in [-0.2, 0) is 19.1 Å². The van der Waals surface area contributed by atoms with Gasteiger partial charge in [0.1, 0.15) is 0 Å². The summed E-state index contributed by atoms with van der Waals surface area (Å²) in [4.78, 5) is 34.9. The maximum atomic E-state index is 11.9. The molecule has 0 aromatic heterocycles. The van der Waals surface area contributed by atoms with E-state index in [-0.39, 0.29) is 36.5 Å². The Morgan fingerprint density at radius 2 is 1.91 bits per heavy atom. The van der Waals surface area contributed by atoms with Crippen LogP contribution in [0.4, 0.5) is 11.4 Å². The number of ether oxygens (including phenoxy) is 1. The number of rotatable bonds is 7. The number of aryl methyl sites for hydroxylation is 1. The Labute approximate surface area is 135 Å². The van der Waals surface area contributed by atoms with Crippen molar-refractivity contribution in [2.45, 2.75) is 39.5 Å². The van der Waals surface area contributed by atoms with E-state index in [1.54, 1.807) is 19.1 Å². The normalized spacial score (nSPS) is 13.3. The minimum Gasteiger partial charge on any atom is -0.466 e. The number of benzene rings is 1. The molecule has 0 atom stereocenters. The fraction of sp³-hybridized carbons (Fsp3) is 0.471. The fourth-order valence-corrected chi connectivity index (χ4v) is 2.09. The van der Waals surface area contributed by atoms with Gasteiger partial charge in [0.25, 0.3) is 0 Å². The zero-order chi connectivity index (χ0) is 16.8. The molecule has 0 unspecified atom stereocenters. The van der Waals surface area contributed by atoms with Gasteiger partial charge in [0.2, 0.25) is 11.8 Å². The zero-order valence-corrected chi connectivity index (χ0v) is 13.5. The first-order valence-corrected chi connectivity index (χ1v) is 7.86. The van der Waals surface area contributed by atoms with Gasteiger partial charge >= 0.3 is 5.97 Å². The molecule has 1 aromatic carbocycles. The standard InChI is InChI=1S/C17H22N2O4/c1-3-23-16(21)9-8-15(20)18-13-7-4-11(2)14(10-13)19-17(22)12-5-6-12/h4,7,10,12H,3,5-6,8-9H2,1-2H3,(H,18,20)(H,19,22). The van der Waals surface area contributed by atoms with Crippen LogP contribution in [0, 0.1) is 12.8 Å². The van der Waals surface area contributed by atoms with E-state index in [1.165, 1.54) is 0 Å². The Bertz CT molecular complexity index is 609. The van der Waals surface area contributed by atoms with Gasteiger partial charge in [-0.25, -0.2) is 0 Å². The number of anilines is 2. The fourth-order valence-electron chi connectivity index (χ4n) is 2.09.